The van der Waals surface area contributed by atoms with Crippen molar-refractivity contribution >= 4 is 17.4 Å². The lowest BCUT2D eigenvalue weighted by atomic mass is 9.88. The minimum absolute atomic E-state index is 0.193. The molecule has 1 N–H and O–H groups in total. The molecule has 1 spiro atoms. The van der Waals surface area contributed by atoms with Crippen molar-refractivity contribution in [3.05, 3.63) is 18.1 Å². The molecule has 0 bridgehead atoms. The minimum Gasteiger partial charge on any atom is -0.386 e. The standard InChI is InChI=1S/C16H20F3N5O2/c1-2-5-20-14(25)11-8-15(26-23-11)4-3-6-24(9-15)13-7-12(16(17,18)19)21-10-22-13/h7,10H,2-6,8-9H2,1H3,(H,20,25)/t15-/m1/s1. The van der Waals surface area contributed by atoms with Gasteiger partial charge in [-0.05, 0) is 19.3 Å². The Bertz CT molecular complexity index is 709. The second-order valence-electron chi connectivity index (χ2n) is 6.53. The van der Waals surface area contributed by atoms with Gasteiger partial charge in [-0.25, -0.2) is 9.97 Å². The Hall–Kier alpha value is -2.39. The molecular formula is C16H20F3N5O2. The van der Waals surface area contributed by atoms with Gasteiger partial charge in [0.15, 0.2) is 5.60 Å². The lowest BCUT2D eigenvalue weighted by Gasteiger charge is -2.38. The molecule has 1 saturated heterocycles. The maximum atomic E-state index is 12.9. The van der Waals surface area contributed by atoms with Gasteiger partial charge in [0.2, 0.25) is 0 Å². The number of nitrogens with one attached hydrogen (secondary N) is 1. The molecular weight excluding hydrogens is 351 g/mol. The number of carbonyl (C=O) groups excluding carboxylic acids is 1. The quantitative estimate of drug-likeness (QED) is 0.877. The van der Waals surface area contributed by atoms with Gasteiger partial charge in [-0.15, -0.1) is 0 Å². The Morgan fingerprint density at radius 1 is 1.42 bits per heavy atom. The molecule has 1 atom stereocenters. The third kappa shape index (κ3) is 3.88. The Morgan fingerprint density at radius 3 is 2.96 bits per heavy atom. The molecule has 26 heavy (non-hydrogen) atoms. The van der Waals surface area contributed by atoms with Crippen LogP contribution in [0.25, 0.3) is 0 Å². The van der Waals surface area contributed by atoms with Crippen LogP contribution in [0.5, 0.6) is 0 Å². The predicted octanol–water partition coefficient (Wildman–Crippen LogP) is 2.14. The highest BCUT2D eigenvalue weighted by Crippen LogP contribution is 2.36. The number of nitrogens with zero attached hydrogens (tertiary/aromatic N) is 4. The van der Waals surface area contributed by atoms with E-state index in [0.29, 0.717) is 44.6 Å². The van der Waals surface area contributed by atoms with E-state index in [9.17, 15) is 18.0 Å². The van der Waals surface area contributed by atoms with Crippen LogP contribution < -0.4 is 10.2 Å². The first-order valence-electron chi connectivity index (χ1n) is 8.50. The number of hydrogen-bond acceptors (Lipinski definition) is 6. The van der Waals surface area contributed by atoms with Crippen molar-refractivity contribution < 1.29 is 22.8 Å². The summed E-state index contributed by atoms with van der Waals surface area (Å²) in [6.07, 6.45) is -1.10. The van der Waals surface area contributed by atoms with E-state index in [-0.39, 0.29) is 11.7 Å². The summed E-state index contributed by atoms with van der Waals surface area (Å²) in [7, 11) is 0. The molecule has 7 nitrogen and oxygen atoms in total. The molecule has 0 saturated carbocycles. The molecule has 142 valence electrons. The summed E-state index contributed by atoms with van der Waals surface area (Å²) in [4.78, 5) is 26.6. The van der Waals surface area contributed by atoms with Gasteiger partial charge < -0.3 is 15.1 Å². The third-order valence-corrected chi connectivity index (χ3v) is 4.44. The average molecular weight is 371 g/mol. The third-order valence-electron chi connectivity index (χ3n) is 4.44. The van der Waals surface area contributed by atoms with Crippen molar-refractivity contribution in [2.24, 2.45) is 5.16 Å². The number of anilines is 1. The fourth-order valence-electron chi connectivity index (χ4n) is 3.17. The van der Waals surface area contributed by atoms with Crippen LogP contribution in [0.4, 0.5) is 19.0 Å². The van der Waals surface area contributed by atoms with E-state index in [4.69, 9.17) is 4.84 Å². The molecule has 0 radical (unpaired) electrons. The van der Waals surface area contributed by atoms with Crippen molar-refractivity contribution in [2.75, 3.05) is 24.5 Å². The van der Waals surface area contributed by atoms with Gasteiger partial charge in [0.1, 0.15) is 23.6 Å². The maximum Gasteiger partial charge on any atom is 0.433 e. The second kappa shape index (κ2) is 7.08. The Kier molecular flexibility index (Phi) is 5.01. The summed E-state index contributed by atoms with van der Waals surface area (Å²) >= 11 is 0. The van der Waals surface area contributed by atoms with Crippen LogP contribution in [-0.2, 0) is 15.8 Å². The van der Waals surface area contributed by atoms with E-state index in [1.165, 1.54) is 0 Å². The van der Waals surface area contributed by atoms with E-state index in [1.807, 2.05) is 6.92 Å². The van der Waals surface area contributed by atoms with Crippen LogP contribution >= 0.6 is 0 Å². The van der Waals surface area contributed by atoms with Crippen molar-refractivity contribution in [3.8, 4) is 0 Å². The van der Waals surface area contributed by atoms with Gasteiger partial charge in [-0.3, -0.25) is 4.79 Å². The van der Waals surface area contributed by atoms with Gasteiger partial charge in [0.25, 0.3) is 5.91 Å². The number of aromatic nitrogens is 2. The Balaban J connectivity index is 1.70. The highest BCUT2D eigenvalue weighted by molar-refractivity contribution is 6.39. The lowest BCUT2D eigenvalue weighted by Crippen LogP contribution is -2.49. The number of halogens is 3. The van der Waals surface area contributed by atoms with Crippen molar-refractivity contribution in [2.45, 2.75) is 44.4 Å². The van der Waals surface area contributed by atoms with Crippen LogP contribution in [0.1, 0.15) is 38.3 Å². The van der Waals surface area contributed by atoms with E-state index >= 15 is 0 Å². The van der Waals surface area contributed by atoms with Crippen molar-refractivity contribution in [1.82, 2.24) is 15.3 Å². The molecule has 10 heteroatoms. The summed E-state index contributed by atoms with van der Waals surface area (Å²) in [5.74, 6) is -0.0684. The number of carbonyl (C=O) groups is 1. The van der Waals surface area contributed by atoms with Crippen LogP contribution in [0.15, 0.2) is 17.5 Å². The first kappa shape index (κ1) is 18.4. The molecule has 1 amide bonds. The zero-order valence-electron chi connectivity index (χ0n) is 14.3. The van der Waals surface area contributed by atoms with Crippen LogP contribution in [0.3, 0.4) is 0 Å². The number of amides is 1. The van der Waals surface area contributed by atoms with Gasteiger partial charge in [-0.1, -0.05) is 12.1 Å². The Morgan fingerprint density at radius 2 is 2.23 bits per heavy atom. The van der Waals surface area contributed by atoms with Gasteiger partial charge in [0.05, 0.1) is 6.54 Å². The Labute approximate surface area is 148 Å². The summed E-state index contributed by atoms with van der Waals surface area (Å²) in [6.45, 7) is 3.37. The zero-order valence-corrected chi connectivity index (χ0v) is 14.3. The summed E-state index contributed by atoms with van der Waals surface area (Å²) in [6, 6.07) is 0.934. The fraction of sp³-hybridized carbons (Fsp3) is 0.625. The first-order chi connectivity index (χ1) is 12.3. The second-order valence-corrected chi connectivity index (χ2v) is 6.53. The SMILES string of the molecule is CCCNC(=O)C1=NO[C@]2(CCCN(c3cc(C(F)(F)F)ncn3)C2)C1. The number of alkyl halides is 3. The largest absolute Gasteiger partial charge is 0.433 e. The molecule has 3 rings (SSSR count). The smallest absolute Gasteiger partial charge is 0.386 e. The van der Waals surface area contributed by atoms with Gasteiger partial charge >= 0.3 is 6.18 Å². The minimum atomic E-state index is -4.53. The number of rotatable bonds is 4. The normalized spacial score (nSPS) is 22.9. The molecule has 1 fully saturated rings. The van der Waals surface area contributed by atoms with Crippen molar-refractivity contribution in [3.63, 3.8) is 0 Å². The molecule has 2 aliphatic heterocycles. The van der Waals surface area contributed by atoms with E-state index < -0.39 is 17.5 Å². The molecule has 0 unspecified atom stereocenters. The average Bonchev–Trinajstić information content (AvgIpc) is 3.02. The summed E-state index contributed by atoms with van der Waals surface area (Å²) in [5.41, 5.74) is -1.37. The van der Waals surface area contributed by atoms with E-state index in [0.717, 1.165) is 18.8 Å². The molecule has 1 aromatic heterocycles. The number of piperidine rings is 1. The van der Waals surface area contributed by atoms with Gasteiger partial charge in [-0.2, -0.15) is 13.2 Å². The number of oxime groups is 1. The predicted molar refractivity (Wildman–Crippen MR) is 87.6 cm³/mol. The van der Waals surface area contributed by atoms with E-state index in [2.05, 4.69) is 20.4 Å². The summed E-state index contributed by atoms with van der Waals surface area (Å²) in [5, 5.41) is 6.67. The fourth-order valence-corrected chi connectivity index (χ4v) is 3.17. The zero-order chi connectivity index (χ0) is 18.8. The van der Waals surface area contributed by atoms with Crippen LogP contribution in [0, 0.1) is 0 Å². The highest BCUT2D eigenvalue weighted by atomic mass is 19.4. The lowest BCUT2D eigenvalue weighted by molar-refractivity contribution is -0.141. The highest BCUT2D eigenvalue weighted by Gasteiger charge is 2.45. The molecule has 3 heterocycles. The molecule has 2 aliphatic rings. The monoisotopic (exact) mass is 371 g/mol. The van der Waals surface area contributed by atoms with Gasteiger partial charge in [0, 0.05) is 25.6 Å². The van der Waals surface area contributed by atoms with Crippen LogP contribution in [0.2, 0.25) is 0 Å². The molecule has 0 aliphatic carbocycles. The van der Waals surface area contributed by atoms with Crippen molar-refractivity contribution in [1.29, 1.82) is 0 Å². The molecule has 1 aromatic rings. The first-order valence-corrected chi connectivity index (χ1v) is 8.50. The van der Waals surface area contributed by atoms with E-state index in [1.54, 1.807) is 4.90 Å². The topological polar surface area (TPSA) is 79.7 Å². The van der Waals surface area contributed by atoms with Crippen LogP contribution in [-0.4, -0.2) is 46.8 Å². The molecule has 0 aromatic carbocycles. The number of hydrogen-bond donors (Lipinski definition) is 1. The summed E-state index contributed by atoms with van der Waals surface area (Å²) < 4.78 is 38.6. The maximum absolute atomic E-state index is 12.9.